The van der Waals surface area contributed by atoms with E-state index in [4.69, 9.17) is 0 Å². The highest BCUT2D eigenvalue weighted by Gasteiger charge is 2.35. The Bertz CT molecular complexity index is 1250. The first-order valence-electron chi connectivity index (χ1n) is 10.7. The van der Waals surface area contributed by atoms with Gasteiger partial charge >= 0.3 is 6.61 Å². The summed E-state index contributed by atoms with van der Waals surface area (Å²) in [6.45, 7) is -0.368. The molecule has 1 aliphatic heterocycles. The van der Waals surface area contributed by atoms with Gasteiger partial charge in [-0.2, -0.15) is 13.9 Å². The Hall–Kier alpha value is -3.95. The number of rotatable bonds is 8. The number of halogens is 4. The Balaban J connectivity index is 1.55. The molecular weight excluding hydrogens is 464 g/mol. The van der Waals surface area contributed by atoms with Crippen molar-refractivity contribution < 1.29 is 27.1 Å². The van der Waals surface area contributed by atoms with Crippen LogP contribution in [-0.4, -0.2) is 29.8 Å². The van der Waals surface area contributed by atoms with E-state index in [1.807, 2.05) is 0 Å². The highest BCUT2D eigenvalue weighted by atomic mass is 19.3. The van der Waals surface area contributed by atoms with Crippen LogP contribution in [-0.2, 0) is 10.7 Å². The Labute approximate surface area is 199 Å². The van der Waals surface area contributed by atoms with Gasteiger partial charge in [0.1, 0.15) is 5.75 Å². The van der Waals surface area contributed by atoms with Crippen LogP contribution in [0.1, 0.15) is 19.4 Å². The van der Waals surface area contributed by atoms with E-state index in [1.54, 1.807) is 31.3 Å². The third kappa shape index (κ3) is 5.42. The zero-order valence-electron chi connectivity index (χ0n) is 18.9. The standard InChI is InChI=1S/C25H22F4N4O2/c1-15-21(14-31-18-7-3-6-17(11-18)25(2,28)29)23(34)33(32-15)19-8-9-22(35-24(26)27)20(12-19)16-5-4-10-30-13-16/h3-13,21,24,31H,14H2,1-2H3. The number of pyridine rings is 1. The Kier molecular flexibility index (Phi) is 6.72. The fourth-order valence-electron chi connectivity index (χ4n) is 3.74. The van der Waals surface area contributed by atoms with Crippen LogP contribution in [0.4, 0.5) is 28.9 Å². The molecule has 3 aromatic rings. The quantitative estimate of drug-likeness (QED) is 0.402. The number of amides is 1. The molecule has 6 nitrogen and oxygen atoms in total. The van der Waals surface area contributed by atoms with E-state index in [9.17, 15) is 22.4 Å². The number of nitrogens with one attached hydrogen (secondary N) is 1. The summed E-state index contributed by atoms with van der Waals surface area (Å²) in [6.07, 6.45) is 3.05. The van der Waals surface area contributed by atoms with E-state index in [2.05, 4.69) is 20.1 Å². The molecule has 10 heteroatoms. The Morgan fingerprint density at radius 1 is 1.14 bits per heavy atom. The fraction of sp³-hybridized carbons (Fsp3) is 0.240. The number of hydrogen-bond acceptors (Lipinski definition) is 5. The lowest BCUT2D eigenvalue weighted by molar-refractivity contribution is -0.119. The summed E-state index contributed by atoms with van der Waals surface area (Å²) in [5.41, 5.74) is 2.07. The van der Waals surface area contributed by atoms with Crippen LogP contribution in [0.15, 0.2) is 72.1 Å². The molecule has 182 valence electrons. The number of nitrogens with zero attached hydrogens (tertiary/aromatic N) is 3. The number of benzene rings is 2. The Morgan fingerprint density at radius 3 is 2.63 bits per heavy atom. The molecule has 0 aliphatic carbocycles. The number of hydrazone groups is 1. The third-order valence-electron chi connectivity index (χ3n) is 5.54. The van der Waals surface area contributed by atoms with Gasteiger partial charge < -0.3 is 10.1 Å². The molecule has 4 rings (SSSR count). The van der Waals surface area contributed by atoms with Crippen LogP contribution in [0.25, 0.3) is 11.1 Å². The van der Waals surface area contributed by atoms with E-state index in [-0.39, 0.29) is 23.8 Å². The monoisotopic (exact) mass is 486 g/mol. The van der Waals surface area contributed by atoms with Crippen molar-refractivity contribution in [3.63, 3.8) is 0 Å². The molecule has 1 unspecified atom stereocenters. The molecule has 0 saturated carbocycles. The maximum absolute atomic E-state index is 13.6. The molecule has 0 bridgehead atoms. The molecule has 35 heavy (non-hydrogen) atoms. The first-order chi connectivity index (χ1) is 16.6. The van der Waals surface area contributed by atoms with Crippen molar-refractivity contribution in [2.75, 3.05) is 16.9 Å². The maximum Gasteiger partial charge on any atom is 0.387 e. The lowest BCUT2D eigenvalue weighted by Crippen LogP contribution is -2.31. The van der Waals surface area contributed by atoms with Crippen molar-refractivity contribution in [2.45, 2.75) is 26.4 Å². The van der Waals surface area contributed by atoms with E-state index >= 15 is 0 Å². The summed E-state index contributed by atoms with van der Waals surface area (Å²) in [7, 11) is 0. The molecule has 1 aromatic heterocycles. The van der Waals surface area contributed by atoms with Crippen LogP contribution in [0.5, 0.6) is 5.75 Å². The number of aromatic nitrogens is 1. The molecular formula is C25H22F4N4O2. The average Bonchev–Trinajstić information content (AvgIpc) is 3.11. The highest BCUT2D eigenvalue weighted by Crippen LogP contribution is 2.36. The van der Waals surface area contributed by atoms with Crippen molar-refractivity contribution in [2.24, 2.45) is 11.0 Å². The van der Waals surface area contributed by atoms with E-state index in [0.29, 0.717) is 28.2 Å². The molecule has 0 saturated heterocycles. The van der Waals surface area contributed by atoms with Crippen LogP contribution >= 0.6 is 0 Å². The number of anilines is 2. The molecule has 2 aromatic carbocycles. The molecule has 1 amide bonds. The molecule has 2 heterocycles. The van der Waals surface area contributed by atoms with Gasteiger partial charge in [0.2, 0.25) is 0 Å². The van der Waals surface area contributed by atoms with Crippen LogP contribution in [0.3, 0.4) is 0 Å². The van der Waals surface area contributed by atoms with Crippen molar-refractivity contribution in [1.82, 2.24) is 4.98 Å². The summed E-state index contributed by atoms with van der Waals surface area (Å²) in [6, 6.07) is 13.5. The van der Waals surface area contributed by atoms with Gasteiger partial charge in [-0.3, -0.25) is 9.78 Å². The summed E-state index contributed by atoms with van der Waals surface area (Å²) in [5.74, 6) is -4.03. The maximum atomic E-state index is 13.6. The molecule has 1 aliphatic rings. The predicted octanol–water partition coefficient (Wildman–Crippen LogP) is 5.91. The van der Waals surface area contributed by atoms with Gasteiger partial charge in [0.05, 0.1) is 17.3 Å². The minimum absolute atomic E-state index is 0.0603. The topological polar surface area (TPSA) is 66.8 Å². The van der Waals surface area contributed by atoms with Gasteiger partial charge in [-0.1, -0.05) is 18.2 Å². The largest absolute Gasteiger partial charge is 0.434 e. The van der Waals surface area contributed by atoms with Crippen LogP contribution < -0.4 is 15.1 Å². The molecule has 0 radical (unpaired) electrons. The normalized spacial score (nSPS) is 16.0. The van der Waals surface area contributed by atoms with Crippen LogP contribution in [0.2, 0.25) is 0 Å². The molecule has 1 N–H and O–H groups in total. The van der Waals surface area contributed by atoms with E-state index < -0.39 is 18.5 Å². The second-order valence-corrected chi connectivity index (χ2v) is 8.09. The fourth-order valence-corrected chi connectivity index (χ4v) is 3.74. The minimum atomic E-state index is -3.02. The van der Waals surface area contributed by atoms with Gasteiger partial charge in [-0.05, 0) is 43.3 Å². The zero-order chi connectivity index (χ0) is 25.2. The summed E-state index contributed by atoms with van der Waals surface area (Å²) >= 11 is 0. The molecule has 0 spiro atoms. The third-order valence-corrected chi connectivity index (χ3v) is 5.54. The SMILES string of the molecule is CC1=NN(c2ccc(OC(F)F)c(-c3cccnc3)c2)C(=O)C1CNc1cccc(C(C)(F)F)c1. The second-order valence-electron chi connectivity index (χ2n) is 8.09. The van der Waals surface area contributed by atoms with Crippen molar-refractivity contribution in [3.05, 3.63) is 72.6 Å². The van der Waals surface area contributed by atoms with Crippen molar-refractivity contribution in [3.8, 4) is 16.9 Å². The molecule has 1 atom stereocenters. The van der Waals surface area contributed by atoms with Gasteiger partial charge in [0.15, 0.2) is 0 Å². The number of hydrogen-bond donors (Lipinski definition) is 1. The lowest BCUT2D eigenvalue weighted by Gasteiger charge is -2.18. The molecule has 0 fully saturated rings. The van der Waals surface area contributed by atoms with Crippen LogP contribution in [0, 0.1) is 5.92 Å². The Morgan fingerprint density at radius 2 is 1.94 bits per heavy atom. The zero-order valence-corrected chi connectivity index (χ0v) is 18.9. The highest BCUT2D eigenvalue weighted by molar-refractivity contribution is 6.15. The van der Waals surface area contributed by atoms with Crippen molar-refractivity contribution in [1.29, 1.82) is 0 Å². The lowest BCUT2D eigenvalue weighted by atomic mass is 10.0. The first-order valence-corrected chi connectivity index (χ1v) is 10.7. The van der Waals surface area contributed by atoms with Gasteiger partial charge in [0.25, 0.3) is 11.8 Å². The predicted molar refractivity (Wildman–Crippen MR) is 125 cm³/mol. The second kappa shape index (κ2) is 9.73. The van der Waals surface area contributed by atoms with Crippen molar-refractivity contribution >= 4 is 23.0 Å². The average molecular weight is 486 g/mol. The van der Waals surface area contributed by atoms with E-state index in [0.717, 1.165) is 6.92 Å². The number of ether oxygens (including phenoxy) is 1. The van der Waals surface area contributed by atoms with Gasteiger partial charge in [-0.15, -0.1) is 0 Å². The van der Waals surface area contributed by atoms with Gasteiger partial charge in [-0.25, -0.2) is 13.8 Å². The number of carbonyl (C=O) groups is 1. The van der Waals surface area contributed by atoms with Gasteiger partial charge in [0, 0.05) is 48.2 Å². The first kappa shape index (κ1) is 24.2. The summed E-state index contributed by atoms with van der Waals surface area (Å²) in [5, 5.41) is 8.58. The summed E-state index contributed by atoms with van der Waals surface area (Å²) in [4.78, 5) is 17.2. The van der Waals surface area contributed by atoms with E-state index in [1.165, 1.54) is 47.6 Å². The minimum Gasteiger partial charge on any atom is -0.434 e. The number of carbonyl (C=O) groups excluding carboxylic acids is 1. The number of alkyl halides is 4. The smallest absolute Gasteiger partial charge is 0.387 e. The summed E-state index contributed by atoms with van der Waals surface area (Å²) < 4.78 is 57.8.